The van der Waals surface area contributed by atoms with Gasteiger partial charge in [0.25, 0.3) is 0 Å². The molecular formula is C4H3O3. The topological polar surface area (TPSA) is 54.4 Å². The van der Waals surface area contributed by atoms with E-state index < -0.39 is 5.97 Å². The van der Waals surface area contributed by atoms with Crippen molar-refractivity contribution in [3.8, 4) is 0 Å². The number of carboxylic acids is 1. The van der Waals surface area contributed by atoms with Gasteiger partial charge >= 0.3 is 5.97 Å². The lowest BCUT2D eigenvalue weighted by Gasteiger charge is -1.68. The third-order valence-electron chi connectivity index (χ3n) is 0.294. The Morgan fingerprint density at radius 3 is 2.43 bits per heavy atom. The van der Waals surface area contributed by atoms with Gasteiger partial charge in [0.05, 0.1) is 0 Å². The van der Waals surface area contributed by atoms with E-state index in [1.54, 1.807) is 0 Å². The van der Waals surface area contributed by atoms with E-state index in [-0.39, 0.29) is 0 Å². The van der Waals surface area contributed by atoms with Crippen molar-refractivity contribution >= 4 is 12.3 Å². The number of hydrogen-bond donors (Lipinski definition) is 1. The molecule has 0 aliphatic carbocycles. The highest BCUT2D eigenvalue weighted by Crippen LogP contribution is 1.64. The summed E-state index contributed by atoms with van der Waals surface area (Å²) in [6.07, 6.45) is 2.80. The molecule has 0 fully saturated rings. The normalized spacial score (nSPS) is 9.14. The first kappa shape index (κ1) is 5.88. The van der Waals surface area contributed by atoms with Crippen molar-refractivity contribution in [2.75, 3.05) is 0 Å². The average Bonchev–Trinajstić information content (AvgIpc) is 1.61. The quantitative estimate of drug-likeness (QED) is 0.485. The van der Waals surface area contributed by atoms with E-state index in [0.29, 0.717) is 6.08 Å². The summed E-state index contributed by atoms with van der Waals surface area (Å²) in [5.41, 5.74) is 0. The molecule has 1 radical (unpaired) electrons. The maximum atomic E-state index is 9.49. The van der Waals surface area contributed by atoms with Crippen LogP contribution in [0.3, 0.4) is 0 Å². The van der Waals surface area contributed by atoms with Crippen molar-refractivity contribution in [3.05, 3.63) is 12.2 Å². The molecule has 0 aromatic rings. The van der Waals surface area contributed by atoms with Gasteiger partial charge in [0.2, 0.25) is 6.29 Å². The highest BCUT2D eigenvalue weighted by atomic mass is 16.4. The first-order valence-electron chi connectivity index (χ1n) is 1.54. The van der Waals surface area contributed by atoms with Gasteiger partial charge in [-0.25, -0.2) is 4.79 Å². The van der Waals surface area contributed by atoms with Crippen LogP contribution in [0.25, 0.3) is 0 Å². The van der Waals surface area contributed by atoms with E-state index in [0.717, 1.165) is 6.08 Å². The number of allylic oxidation sites excluding steroid dienone is 1. The van der Waals surface area contributed by atoms with Crippen LogP contribution in [0.1, 0.15) is 0 Å². The number of aliphatic carboxylic acids is 1. The van der Waals surface area contributed by atoms with Crippen molar-refractivity contribution in [1.29, 1.82) is 0 Å². The minimum absolute atomic E-state index is 0.715. The molecule has 0 unspecified atom stereocenters. The first-order chi connectivity index (χ1) is 3.27. The summed E-state index contributed by atoms with van der Waals surface area (Å²) < 4.78 is 0. The highest BCUT2D eigenvalue weighted by molar-refractivity contribution is 5.84. The molecule has 0 rings (SSSR count). The largest absolute Gasteiger partial charge is 0.478 e. The molecule has 0 spiro atoms. The lowest BCUT2D eigenvalue weighted by atomic mass is 10.5. The van der Waals surface area contributed by atoms with E-state index in [4.69, 9.17) is 5.11 Å². The summed E-state index contributed by atoms with van der Waals surface area (Å²) >= 11 is 0. The Kier molecular flexibility index (Phi) is 2.59. The molecule has 3 nitrogen and oxygen atoms in total. The van der Waals surface area contributed by atoms with Gasteiger partial charge < -0.3 is 5.11 Å². The van der Waals surface area contributed by atoms with Crippen LogP contribution >= 0.6 is 0 Å². The summed E-state index contributed by atoms with van der Waals surface area (Å²) in [5, 5.41) is 7.78. The molecule has 0 aliphatic rings. The summed E-state index contributed by atoms with van der Waals surface area (Å²) in [5.74, 6) is -1.14. The molecule has 37 valence electrons. The predicted octanol–water partition coefficient (Wildman–Crippen LogP) is -0.263. The average molecular weight is 99.1 g/mol. The zero-order valence-corrected chi connectivity index (χ0v) is 3.42. The van der Waals surface area contributed by atoms with Gasteiger partial charge in [-0.2, -0.15) is 0 Å². The Balaban J connectivity index is 3.46. The molecule has 0 amide bonds. The molecule has 0 heterocycles. The zero-order valence-electron chi connectivity index (χ0n) is 3.42. The number of rotatable bonds is 2. The van der Waals surface area contributed by atoms with E-state index in [1.165, 1.54) is 6.29 Å². The fourth-order valence-corrected chi connectivity index (χ4v) is 0.105. The molecule has 0 atom stereocenters. The Morgan fingerprint density at radius 2 is 2.29 bits per heavy atom. The SMILES string of the molecule is O=[C]/C=C\C(=O)O. The third-order valence-corrected chi connectivity index (χ3v) is 0.294. The van der Waals surface area contributed by atoms with Gasteiger partial charge in [0, 0.05) is 6.08 Å². The molecular weight excluding hydrogens is 96.0 g/mol. The predicted molar refractivity (Wildman–Crippen MR) is 22.5 cm³/mol. The third kappa shape index (κ3) is 4.88. The van der Waals surface area contributed by atoms with Crippen molar-refractivity contribution in [3.63, 3.8) is 0 Å². The van der Waals surface area contributed by atoms with Gasteiger partial charge in [0.15, 0.2) is 0 Å². The highest BCUT2D eigenvalue weighted by Gasteiger charge is 1.79. The number of carbonyl (C=O) groups excluding carboxylic acids is 1. The molecule has 1 N–H and O–H groups in total. The van der Waals surface area contributed by atoms with Crippen LogP contribution < -0.4 is 0 Å². The Morgan fingerprint density at radius 1 is 1.71 bits per heavy atom. The molecule has 0 bridgehead atoms. The molecule has 3 heteroatoms. The Bertz CT molecular complexity index is 104. The van der Waals surface area contributed by atoms with Crippen LogP contribution in [-0.4, -0.2) is 17.4 Å². The van der Waals surface area contributed by atoms with Crippen molar-refractivity contribution in [2.24, 2.45) is 0 Å². The second-order valence-electron chi connectivity index (χ2n) is 0.789. The zero-order chi connectivity index (χ0) is 5.70. The fourth-order valence-electron chi connectivity index (χ4n) is 0.105. The van der Waals surface area contributed by atoms with Crippen molar-refractivity contribution in [1.82, 2.24) is 0 Å². The number of carboxylic acid groups (broad SMARTS) is 1. The Hall–Kier alpha value is -1.12. The van der Waals surface area contributed by atoms with Crippen LogP contribution in [0.4, 0.5) is 0 Å². The van der Waals surface area contributed by atoms with Gasteiger partial charge in [-0.15, -0.1) is 0 Å². The number of carbonyl (C=O) groups is 1. The molecule has 7 heavy (non-hydrogen) atoms. The van der Waals surface area contributed by atoms with Crippen LogP contribution in [-0.2, 0) is 9.59 Å². The minimum atomic E-state index is -1.14. The van der Waals surface area contributed by atoms with E-state index in [2.05, 4.69) is 0 Å². The summed E-state index contributed by atoms with van der Waals surface area (Å²) in [6, 6.07) is 0. The van der Waals surface area contributed by atoms with Crippen molar-refractivity contribution < 1.29 is 14.7 Å². The standard InChI is InChI=1S/C4H3O3/c5-3-1-2-4(6)7/h1-2H,(H,6,7)/b2-1-. The lowest BCUT2D eigenvalue weighted by molar-refractivity contribution is -0.131. The molecule has 0 aromatic carbocycles. The molecule has 0 saturated carbocycles. The van der Waals surface area contributed by atoms with E-state index >= 15 is 0 Å². The second kappa shape index (κ2) is 3.08. The summed E-state index contributed by atoms with van der Waals surface area (Å²) in [7, 11) is 0. The van der Waals surface area contributed by atoms with Gasteiger partial charge in [-0.1, -0.05) is 0 Å². The maximum Gasteiger partial charge on any atom is 0.328 e. The van der Waals surface area contributed by atoms with Crippen LogP contribution in [0.2, 0.25) is 0 Å². The number of hydrogen-bond acceptors (Lipinski definition) is 2. The summed E-state index contributed by atoms with van der Waals surface area (Å²) in [4.78, 5) is 18.7. The molecule has 0 aromatic heterocycles. The monoisotopic (exact) mass is 99.0 g/mol. The van der Waals surface area contributed by atoms with Crippen LogP contribution in [0, 0.1) is 0 Å². The first-order valence-corrected chi connectivity index (χ1v) is 1.54. The van der Waals surface area contributed by atoms with Crippen LogP contribution in [0.5, 0.6) is 0 Å². The second-order valence-corrected chi connectivity index (χ2v) is 0.789. The van der Waals surface area contributed by atoms with Crippen molar-refractivity contribution in [2.45, 2.75) is 0 Å². The van der Waals surface area contributed by atoms with Crippen LogP contribution in [0.15, 0.2) is 12.2 Å². The van der Waals surface area contributed by atoms with Gasteiger partial charge in [-0.3, -0.25) is 4.79 Å². The minimum Gasteiger partial charge on any atom is -0.478 e. The fraction of sp³-hybridized carbons (Fsp3) is 0. The smallest absolute Gasteiger partial charge is 0.328 e. The van der Waals surface area contributed by atoms with E-state index in [9.17, 15) is 9.59 Å². The Labute approximate surface area is 40.3 Å². The molecule has 0 aliphatic heterocycles. The maximum absolute atomic E-state index is 9.49. The lowest BCUT2D eigenvalue weighted by Crippen LogP contribution is -1.84. The summed E-state index contributed by atoms with van der Waals surface area (Å²) in [6.45, 7) is 0. The van der Waals surface area contributed by atoms with Gasteiger partial charge in [-0.05, 0) is 6.08 Å². The van der Waals surface area contributed by atoms with E-state index in [1.807, 2.05) is 0 Å². The molecule has 0 saturated heterocycles. The van der Waals surface area contributed by atoms with Gasteiger partial charge in [0.1, 0.15) is 0 Å².